The molecule has 4 atom stereocenters. The van der Waals surface area contributed by atoms with Crippen LogP contribution in [0.5, 0.6) is 0 Å². The van der Waals surface area contributed by atoms with Crippen molar-refractivity contribution in [1.82, 2.24) is 0 Å². The van der Waals surface area contributed by atoms with Crippen LogP contribution in [0.3, 0.4) is 0 Å². The molecule has 0 radical (unpaired) electrons. The fraction of sp³-hybridized carbons (Fsp3) is 0.692. The van der Waals surface area contributed by atoms with Crippen LogP contribution in [0.15, 0.2) is 11.1 Å². The van der Waals surface area contributed by atoms with Crippen molar-refractivity contribution < 1.29 is 34.8 Å². The topological polar surface area (TPSA) is 124 Å². The molecular weight excluding hydrogens is 268 g/mol. The number of hydrogen-bond donors (Lipinski definition) is 4. The van der Waals surface area contributed by atoms with Gasteiger partial charge in [0.1, 0.15) is 0 Å². The van der Waals surface area contributed by atoms with Gasteiger partial charge in [0, 0.05) is 24.3 Å². The number of carboxylic acid groups (broad SMARTS) is 2. The highest BCUT2D eigenvalue weighted by Gasteiger charge is 2.48. The van der Waals surface area contributed by atoms with Crippen LogP contribution in [0.2, 0.25) is 0 Å². The first-order valence-corrected chi connectivity index (χ1v) is 6.52. The molecule has 7 heteroatoms. The maximum atomic E-state index is 11.3. The zero-order valence-corrected chi connectivity index (χ0v) is 11.1. The minimum atomic E-state index is -1.58. The summed E-state index contributed by atoms with van der Waals surface area (Å²) in [7, 11) is 0. The van der Waals surface area contributed by atoms with Gasteiger partial charge < -0.3 is 25.2 Å². The van der Waals surface area contributed by atoms with Gasteiger partial charge in [0.15, 0.2) is 12.1 Å². The molecule has 1 aliphatic heterocycles. The van der Waals surface area contributed by atoms with E-state index in [9.17, 15) is 24.9 Å². The third-order valence-electron chi connectivity index (χ3n) is 4.12. The number of carboxylic acids is 2. The van der Waals surface area contributed by atoms with Crippen LogP contribution in [0.25, 0.3) is 0 Å². The van der Waals surface area contributed by atoms with Crippen molar-refractivity contribution in [2.45, 2.75) is 44.7 Å². The molecule has 4 N–H and O–H groups in total. The van der Waals surface area contributed by atoms with Crippen molar-refractivity contribution in [3.8, 4) is 0 Å². The van der Waals surface area contributed by atoms with Gasteiger partial charge in [0.25, 0.3) is 0 Å². The zero-order chi connectivity index (χ0) is 15.1. The second kappa shape index (κ2) is 5.16. The van der Waals surface area contributed by atoms with Gasteiger partial charge in [-0.05, 0) is 18.8 Å². The molecule has 4 unspecified atom stereocenters. The lowest BCUT2D eigenvalue weighted by molar-refractivity contribution is -0.264. The van der Waals surface area contributed by atoms with Gasteiger partial charge in [-0.1, -0.05) is 6.92 Å². The zero-order valence-electron chi connectivity index (χ0n) is 11.1. The van der Waals surface area contributed by atoms with Gasteiger partial charge in [0.05, 0.1) is 5.57 Å². The van der Waals surface area contributed by atoms with Crippen molar-refractivity contribution in [2.75, 3.05) is 0 Å². The van der Waals surface area contributed by atoms with E-state index in [1.165, 1.54) is 0 Å². The van der Waals surface area contributed by atoms with Crippen molar-refractivity contribution >= 4 is 11.9 Å². The molecule has 2 aliphatic rings. The molecule has 0 bridgehead atoms. The van der Waals surface area contributed by atoms with Gasteiger partial charge in [0.2, 0.25) is 0 Å². The summed E-state index contributed by atoms with van der Waals surface area (Å²) in [6.07, 6.45) is -0.347. The van der Waals surface area contributed by atoms with Crippen LogP contribution in [0.1, 0.15) is 32.6 Å². The number of aliphatic hydroxyl groups excluding tert-OH is 1. The lowest BCUT2D eigenvalue weighted by Crippen LogP contribution is -2.42. The first kappa shape index (κ1) is 15.0. The molecule has 112 valence electrons. The summed E-state index contributed by atoms with van der Waals surface area (Å²) in [5.74, 6) is -5.15. The molecule has 0 aromatic heterocycles. The molecular formula is C13H18O7. The predicted molar refractivity (Wildman–Crippen MR) is 65.5 cm³/mol. The normalized spacial score (nSPS) is 38.0. The third-order valence-corrected chi connectivity index (χ3v) is 4.12. The highest BCUT2D eigenvalue weighted by Crippen LogP contribution is 2.44. The SMILES string of the molecule is CC1CC(C2(O)CCC(O)O2)CC(C(=O)O)=C1C(=O)O. The Morgan fingerprint density at radius 1 is 1.30 bits per heavy atom. The van der Waals surface area contributed by atoms with Crippen LogP contribution in [-0.4, -0.2) is 44.4 Å². The largest absolute Gasteiger partial charge is 0.478 e. The highest BCUT2D eigenvalue weighted by atomic mass is 16.7. The molecule has 0 saturated carbocycles. The summed E-state index contributed by atoms with van der Waals surface area (Å²) in [6.45, 7) is 1.62. The second-order valence-corrected chi connectivity index (χ2v) is 5.50. The van der Waals surface area contributed by atoms with E-state index in [1.807, 2.05) is 0 Å². The molecule has 2 rings (SSSR count). The first-order valence-electron chi connectivity index (χ1n) is 6.52. The minimum Gasteiger partial charge on any atom is -0.478 e. The van der Waals surface area contributed by atoms with Crippen LogP contribution in [0.4, 0.5) is 0 Å². The molecule has 0 spiro atoms. The Morgan fingerprint density at radius 3 is 2.40 bits per heavy atom. The molecule has 0 aromatic rings. The molecule has 7 nitrogen and oxygen atoms in total. The average molecular weight is 286 g/mol. The van der Waals surface area contributed by atoms with Crippen LogP contribution in [-0.2, 0) is 14.3 Å². The monoisotopic (exact) mass is 286 g/mol. The van der Waals surface area contributed by atoms with Gasteiger partial charge in [-0.2, -0.15) is 0 Å². The quantitative estimate of drug-likeness (QED) is 0.588. The lowest BCUT2D eigenvalue weighted by Gasteiger charge is -2.37. The Kier molecular flexibility index (Phi) is 3.86. The van der Waals surface area contributed by atoms with E-state index < -0.39 is 35.9 Å². The van der Waals surface area contributed by atoms with E-state index in [1.54, 1.807) is 6.92 Å². The fourth-order valence-electron chi connectivity index (χ4n) is 3.15. The summed E-state index contributed by atoms with van der Waals surface area (Å²) >= 11 is 0. The molecule has 1 saturated heterocycles. The van der Waals surface area contributed by atoms with Crippen molar-refractivity contribution in [2.24, 2.45) is 11.8 Å². The molecule has 1 aliphatic carbocycles. The predicted octanol–water partition coefficient (Wildman–Crippen LogP) is 0.316. The Labute approximate surface area is 115 Å². The standard InChI is InChI=1S/C13H18O7/c1-6-4-7(13(19)3-2-9(14)20-13)5-8(11(15)16)10(6)12(17)18/h6-7,9,14,19H,2-5H2,1H3,(H,15,16)(H,17,18). The lowest BCUT2D eigenvalue weighted by atomic mass is 9.73. The summed E-state index contributed by atoms with van der Waals surface area (Å²) in [5, 5.41) is 38.1. The fourth-order valence-corrected chi connectivity index (χ4v) is 3.15. The molecule has 0 aromatic carbocycles. The molecule has 1 fully saturated rings. The number of carbonyl (C=O) groups is 2. The van der Waals surface area contributed by atoms with Crippen LogP contribution in [0, 0.1) is 11.8 Å². The Balaban J connectivity index is 2.31. The van der Waals surface area contributed by atoms with E-state index in [0.717, 1.165) is 0 Å². The Hall–Kier alpha value is -1.44. The maximum Gasteiger partial charge on any atom is 0.332 e. The average Bonchev–Trinajstić information content (AvgIpc) is 2.68. The van der Waals surface area contributed by atoms with Gasteiger partial charge >= 0.3 is 11.9 Å². The van der Waals surface area contributed by atoms with Gasteiger partial charge in [-0.25, -0.2) is 9.59 Å². The number of aliphatic carboxylic acids is 2. The Bertz CT molecular complexity index is 469. The number of hydrogen-bond acceptors (Lipinski definition) is 5. The van der Waals surface area contributed by atoms with Crippen molar-refractivity contribution in [3.05, 3.63) is 11.1 Å². The maximum absolute atomic E-state index is 11.3. The highest BCUT2D eigenvalue weighted by molar-refractivity contribution is 5.99. The number of aliphatic hydroxyl groups is 2. The van der Waals surface area contributed by atoms with E-state index in [4.69, 9.17) is 9.84 Å². The smallest absolute Gasteiger partial charge is 0.332 e. The summed E-state index contributed by atoms with van der Waals surface area (Å²) in [6, 6.07) is 0. The molecule has 20 heavy (non-hydrogen) atoms. The van der Waals surface area contributed by atoms with Crippen molar-refractivity contribution in [1.29, 1.82) is 0 Å². The van der Waals surface area contributed by atoms with E-state index in [-0.39, 0.29) is 30.4 Å². The number of ether oxygens (including phenoxy) is 1. The molecule has 1 heterocycles. The van der Waals surface area contributed by atoms with Crippen molar-refractivity contribution in [3.63, 3.8) is 0 Å². The summed E-state index contributed by atoms with van der Waals surface area (Å²) in [5.41, 5.74) is -0.310. The van der Waals surface area contributed by atoms with Crippen LogP contribution >= 0.6 is 0 Å². The van der Waals surface area contributed by atoms with E-state index in [0.29, 0.717) is 6.42 Å². The third kappa shape index (κ3) is 2.56. The van der Waals surface area contributed by atoms with Gasteiger partial charge in [-0.15, -0.1) is 0 Å². The minimum absolute atomic E-state index is 0.0788. The second-order valence-electron chi connectivity index (χ2n) is 5.50. The van der Waals surface area contributed by atoms with Crippen LogP contribution < -0.4 is 0 Å². The summed E-state index contributed by atoms with van der Waals surface area (Å²) in [4.78, 5) is 22.4. The van der Waals surface area contributed by atoms with E-state index >= 15 is 0 Å². The molecule has 0 amide bonds. The summed E-state index contributed by atoms with van der Waals surface area (Å²) < 4.78 is 5.11. The number of rotatable bonds is 3. The van der Waals surface area contributed by atoms with Gasteiger partial charge in [-0.3, -0.25) is 0 Å². The Morgan fingerprint density at radius 2 is 1.95 bits per heavy atom. The first-order chi connectivity index (χ1) is 9.24. The van der Waals surface area contributed by atoms with E-state index in [2.05, 4.69) is 0 Å².